The van der Waals surface area contributed by atoms with Gasteiger partial charge in [0.25, 0.3) is 5.56 Å². The highest BCUT2D eigenvalue weighted by Gasteiger charge is 2.37. The highest BCUT2D eigenvalue weighted by Crippen LogP contribution is 2.40. The van der Waals surface area contributed by atoms with E-state index in [1.165, 1.54) is 23.2 Å². The van der Waals surface area contributed by atoms with E-state index in [0.29, 0.717) is 37.2 Å². The van der Waals surface area contributed by atoms with Gasteiger partial charge in [0.05, 0.1) is 31.1 Å². The Labute approximate surface area is 209 Å². The first-order chi connectivity index (χ1) is 16.4. The average Bonchev–Trinajstić information content (AvgIpc) is 3.68. The molecule has 1 N–H and O–H groups in total. The summed E-state index contributed by atoms with van der Waals surface area (Å²) >= 11 is 12.5. The number of benzene rings is 1. The van der Waals surface area contributed by atoms with Gasteiger partial charge in [-0.05, 0) is 75.6 Å². The number of nitrogens with zero attached hydrogens (tertiary/aromatic N) is 3. The number of hydrogen-bond acceptors (Lipinski definition) is 5. The topological polar surface area (TPSA) is 59.4 Å². The van der Waals surface area contributed by atoms with Gasteiger partial charge in [-0.2, -0.15) is 5.10 Å². The Hall–Kier alpha value is -1.83. The number of alkyl halides is 1. The van der Waals surface area contributed by atoms with Gasteiger partial charge >= 0.3 is 0 Å². The third-order valence-corrected chi connectivity index (χ3v) is 7.90. The highest BCUT2D eigenvalue weighted by molar-refractivity contribution is 6.33. The Bertz CT molecular complexity index is 1050. The van der Waals surface area contributed by atoms with Gasteiger partial charge in [-0.15, -0.1) is 0 Å². The fraction of sp³-hybridized carbons (Fsp3) is 0.600. The lowest BCUT2D eigenvalue weighted by molar-refractivity contribution is -0.0234. The van der Waals surface area contributed by atoms with Gasteiger partial charge in [0, 0.05) is 29.4 Å². The van der Waals surface area contributed by atoms with Gasteiger partial charge < -0.3 is 15.0 Å². The minimum atomic E-state index is -1.45. The van der Waals surface area contributed by atoms with Gasteiger partial charge in [0.1, 0.15) is 5.02 Å². The van der Waals surface area contributed by atoms with Crippen LogP contribution in [0, 0.1) is 0 Å². The summed E-state index contributed by atoms with van der Waals surface area (Å²) in [7, 11) is 0. The van der Waals surface area contributed by atoms with E-state index in [2.05, 4.69) is 27.4 Å². The Morgan fingerprint density at radius 3 is 2.41 bits per heavy atom. The Balaban J connectivity index is 1.23. The molecule has 1 aromatic carbocycles. The third-order valence-electron chi connectivity index (χ3n) is 7.28. The smallest absolute Gasteiger partial charge is 0.287 e. The summed E-state index contributed by atoms with van der Waals surface area (Å²) in [5.41, 5.74) is -0.175. The van der Waals surface area contributed by atoms with Crippen LogP contribution in [-0.2, 0) is 4.74 Å². The fourth-order valence-electron chi connectivity index (χ4n) is 5.31. The van der Waals surface area contributed by atoms with Gasteiger partial charge in [-0.1, -0.05) is 23.2 Å². The van der Waals surface area contributed by atoms with Crippen molar-refractivity contribution in [3.63, 3.8) is 0 Å². The number of halogens is 3. The number of nitrogens with one attached hydrogen (secondary N) is 1. The molecule has 2 aliphatic carbocycles. The van der Waals surface area contributed by atoms with Crippen molar-refractivity contribution in [2.45, 2.75) is 75.2 Å². The van der Waals surface area contributed by atoms with Crippen LogP contribution in [-0.4, -0.2) is 47.3 Å². The lowest BCUT2D eigenvalue weighted by Gasteiger charge is -2.39. The average molecular weight is 509 g/mol. The Kier molecular flexibility index (Phi) is 7.05. The van der Waals surface area contributed by atoms with Crippen LogP contribution in [0.25, 0.3) is 0 Å². The summed E-state index contributed by atoms with van der Waals surface area (Å²) < 4.78 is 21.6. The molecule has 0 bridgehead atoms. The molecule has 3 aliphatic rings. The zero-order valence-electron chi connectivity index (χ0n) is 19.2. The van der Waals surface area contributed by atoms with Crippen molar-refractivity contribution in [3.05, 3.63) is 50.9 Å². The van der Waals surface area contributed by atoms with Crippen LogP contribution in [0.2, 0.25) is 10.0 Å². The first-order valence-electron chi connectivity index (χ1n) is 12.3. The van der Waals surface area contributed by atoms with Crippen molar-refractivity contribution in [1.29, 1.82) is 0 Å². The molecule has 0 unspecified atom stereocenters. The predicted octanol–water partition coefficient (Wildman–Crippen LogP) is 5.63. The molecular formula is C25H31Cl2FN4O2. The van der Waals surface area contributed by atoms with Gasteiger partial charge in [-0.3, -0.25) is 4.79 Å². The molecule has 1 atom stereocenters. The number of rotatable bonds is 7. The number of ether oxygens (including phenoxy) is 1. The number of anilines is 2. The molecule has 6 nitrogen and oxygen atoms in total. The lowest BCUT2D eigenvalue weighted by Crippen LogP contribution is -2.42. The van der Waals surface area contributed by atoms with E-state index < -0.39 is 5.67 Å². The van der Waals surface area contributed by atoms with E-state index >= 15 is 0 Å². The molecule has 2 saturated carbocycles. The molecule has 2 heterocycles. The normalized spacial score (nSPS) is 27.4. The molecular weight excluding hydrogens is 478 g/mol. The summed E-state index contributed by atoms with van der Waals surface area (Å²) in [6.45, 7) is 0.689. The van der Waals surface area contributed by atoms with E-state index in [-0.39, 0.29) is 29.8 Å². The summed E-state index contributed by atoms with van der Waals surface area (Å²) in [5.74, 6) is 0. The first kappa shape index (κ1) is 23.9. The summed E-state index contributed by atoms with van der Waals surface area (Å²) in [4.78, 5) is 15.5. The standard InChI is InChI=1S/C25H31Cl2FN4O2/c26-17-2-4-18(5-3-17)31(19-6-7-19)20-8-10-21(11-9-20)32-24(33)23(27)22(14-30-32)29-15-25(28)12-1-13-34-16-25/h2-5,14,19-21,29H,1,6-13,15-16H2/t20?,21?,25-/m1/s1. The van der Waals surface area contributed by atoms with Crippen LogP contribution in [0.1, 0.15) is 57.4 Å². The second-order valence-corrected chi connectivity index (χ2v) is 10.7. The molecule has 2 aromatic rings. The van der Waals surface area contributed by atoms with Gasteiger partial charge in [-0.25, -0.2) is 9.07 Å². The molecule has 1 aliphatic heterocycles. The Morgan fingerprint density at radius 1 is 1.12 bits per heavy atom. The maximum absolute atomic E-state index is 14.8. The monoisotopic (exact) mass is 508 g/mol. The van der Waals surface area contributed by atoms with Crippen molar-refractivity contribution in [3.8, 4) is 0 Å². The Morgan fingerprint density at radius 2 is 1.79 bits per heavy atom. The largest absolute Gasteiger partial charge is 0.379 e. The quantitative estimate of drug-likeness (QED) is 0.524. The molecule has 0 radical (unpaired) electrons. The van der Waals surface area contributed by atoms with Gasteiger partial charge in [0.15, 0.2) is 5.67 Å². The SMILES string of the molecule is O=c1c(Cl)c(NC[C@]2(F)CCCOC2)cnn1C1CCC(N(c2ccc(Cl)cc2)C2CC2)CC1. The molecule has 0 amide bonds. The predicted molar refractivity (Wildman–Crippen MR) is 134 cm³/mol. The number of aromatic nitrogens is 2. The van der Waals surface area contributed by atoms with Crippen LogP contribution in [0.3, 0.4) is 0 Å². The summed E-state index contributed by atoms with van der Waals surface area (Å²) in [6.07, 6.45) is 8.81. The molecule has 0 spiro atoms. The summed E-state index contributed by atoms with van der Waals surface area (Å²) in [6, 6.07) is 9.15. The molecule has 5 rings (SSSR count). The second-order valence-electron chi connectivity index (χ2n) is 9.86. The third kappa shape index (κ3) is 5.21. The van der Waals surface area contributed by atoms with E-state index in [1.807, 2.05) is 12.1 Å². The molecule has 1 aromatic heterocycles. The van der Waals surface area contributed by atoms with Crippen LogP contribution in [0.5, 0.6) is 0 Å². The molecule has 3 fully saturated rings. The van der Waals surface area contributed by atoms with E-state index in [4.69, 9.17) is 27.9 Å². The maximum atomic E-state index is 14.8. The van der Waals surface area contributed by atoms with Crippen molar-refractivity contribution >= 4 is 34.6 Å². The van der Waals surface area contributed by atoms with Crippen molar-refractivity contribution in [2.24, 2.45) is 0 Å². The minimum absolute atomic E-state index is 0.0147. The van der Waals surface area contributed by atoms with Crippen LogP contribution >= 0.6 is 23.2 Å². The summed E-state index contributed by atoms with van der Waals surface area (Å²) in [5, 5.41) is 8.20. The van der Waals surface area contributed by atoms with Crippen molar-refractivity contribution in [2.75, 3.05) is 30.0 Å². The maximum Gasteiger partial charge on any atom is 0.287 e. The number of hydrogen-bond donors (Lipinski definition) is 1. The minimum Gasteiger partial charge on any atom is -0.379 e. The molecule has 9 heteroatoms. The molecule has 184 valence electrons. The fourth-order valence-corrected chi connectivity index (χ4v) is 5.63. The second kappa shape index (κ2) is 10.0. The zero-order valence-corrected chi connectivity index (χ0v) is 20.7. The molecule has 1 saturated heterocycles. The van der Waals surface area contributed by atoms with Gasteiger partial charge in [0.2, 0.25) is 0 Å². The highest BCUT2D eigenvalue weighted by atomic mass is 35.5. The van der Waals surface area contributed by atoms with Crippen LogP contribution in [0.4, 0.5) is 15.8 Å². The van der Waals surface area contributed by atoms with Crippen LogP contribution < -0.4 is 15.8 Å². The van der Waals surface area contributed by atoms with Crippen molar-refractivity contribution in [1.82, 2.24) is 9.78 Å². The molecule has 34 heavy (non-hydrogen) atoms. The van der Waals surface area contributed by atoms with E-state index in [1.54, 1.807) is 6.20 Å². The van der Waals surface area contributed by atoms with Crippen molar-refractivity contribution < 1.29 is 9.13 Å². The zero-order chi connectivity index (χ0) is 23.7. The van der Waals surface area contributed by atoms with E-state index in [0.717, 1.165) is 30.7 Å². The van der Waals surface area contributed by atoms with E-state index in [9.17, 15) is 9.18 Å². The first-order valence-corrected chi connectivity index (χ1v) is 13.0. The van der Waals surface area contributed by atoms with Crippen LogP contribution in [0.15, 0.2) is 35.3 Å². The lowest BCUT2D eigenvalue weighted by atomic mass is 9.89.